The molecule has 0 unspecified atom stereocenters. The van der Waals surface area contributed by atoms with Crippen molar-refractivity contribution in [2.24, 2.45) is 17.8 Å². The fourth-order valence-electron chi connectivity index (χ4n) is 8.90. The number of nitrogens with zero attached hydrogens (tertiary/aromatic N) is 3. The summed E-state index contributed by atoms with van der Waals surface area (Å²) in [5.74, 6) is -1.70. The van der Waals surface area contributed by atoms with Gasteiger partial charge in [0, 0.05) is 62.8 Å². The fourth-order valence-corrected chi connectivity index (χ4v) is 8.90. The van der Waals surface area contributed by atoms with Crippen molar-refractivity contribution < 1.29 is 37.0 Å². The van der Waals surface area contributed by atoms with Crippen LogP contribution < -0.4 is 9.64 Å². The van der Waals surface area contributed by atoms with E-state index in [0.29, 0.717) is 68.4 Å². The number of carbonyl (C=O) groups is 2. The normalized spacial score (nSPS) is 30.1. The molecule has 0 aromatic heterocycles. The topological polar surface area (TPSA) is 73.3 Å². The van der Waals surface area contributed by atoms with Crippen molar-refractivity contribution in [2.75, 3.05) is 51.3 Å². The third-order valence-electron chi connectivity index (χ3n) is 12.0. The maximum Gasteiger partial charge on any atom is 0.416 e. The lowest BCUT2D eigenvalue weighted by atomic mass is 9.84. The van der Waals surface area contributed by atoms with Crippen molar-refractivity contribution in [3.63, 3.8) is 0 Å². The number of likely N-dealkylation sites (tertiary alicyclic amines) is 2. The van der Waals surface area contributed by atoms with Gasteiger partial charge in [0.1, 0.15) is 5.75 Å². The Balaban J connectivity index is 1.29. The average molecular weight is 688 g/mol. The van der Waals surface area contributed by atoms with Gasteiger partial charge in [0.25, 0.3) is 5.91 Å². The molecule has 0 spiro atoms. The number of piperidine rings is 1. The van der Waals surface area contributed by atoms with Crippen molar-refractivity contribution in [3.8, 4) is 5.75 Å². The van der Waals surface area contributed by atoms with E-state index in [4.69, 9.17) is 4.74 Å². The smallest absolute Gasteiger partial charge is 0.416 e. The van der Waals surface area contributed by atoms with Gasteiger partial charge in [-0.3, -0.25) is 14.5 Å². The number of carboxylic acid groups (broad SMARTS) is 1. The lowest BCUT2D eigenvalue weighted by molar-refractivity contribution is -0.143. The molecule has 0 bridgehead atoms. The van der Waals surface area contributed by atoms with Gasteiger partial charge in [-0.25, -0.2) is 4.39 Å². The Morgan fingerprint density at radius 2 is 1.63 bits per heavy atom. The number of alkyl halides is 4. The summed E-state index contributed by atoms with van der Waals surface area (Å²) in [4.78, 5) is 31.8. The van der Waals surface area contributed by atoms with Crippen molar-refractivity contribution in [2.45, 2.75) is 88.5 Å². The molecule has 1 saturated carbocycles. The summed E-state index contributed by atoms with van der Waals surface area (Å²) in [5.41, 5.74) is -1.04. The first-order chi connectivity index (χ1) is 23.3. The second-order valence-corrected chi connectivity index (χ2v) is 14.9. The van der Waals surface area contributed by atoms with E-state index in [-0.39, 0.29) is 31.0 Å². The third kappa shape index (κ3) is 7.14. The van der Waals surface area contributed by atoms with Gasteiger partial charge < -0.3 is 19.6 Å². The molecule has 4 aliphatic rings. The molecule has 3 saturated heterocycles. The standard InChI is InChI=1S/C38H49F4N3O4/c1-4-25-20-44(21-32(25)31-14-9-28(38(40,41)42)19-34(31)43-17-15-27(16-18-43)35(46)47)36(48)37(39)23-45(29-10-5-24(2)6-11-29)22-33(37)26-7-12-30(49-3)13-8-26/h7-9,12-14,19,24-25,27,29,32-33H,4-6,10-11,15-18,20-23H2,1-3H3,(H,46,47)/t24?,25-,29?,32-,33-,37-/m0/s1. The summed E-state index contributed by atoms with van der Waals surface area (Å²) in [6, 6.07) is 11.3. The minimum absolute atomic E-state index is 0.0174. The van der Waals surface area contributed by atoms with Crippen LogP contribution in [0.2, 0.25) is 0 Å². The molecule has 2 aromatic carbocycles. The Kier molecular flexibility index (Phi) is 10.2. The highest BCUT2D eigenvalue weighted by Crippen LogP contribution is 2.47. The molecule has 268 valence electrons. The molecule has 11 heteroatoms. The van der Waals surface area contributed by atoms with Crippen molar-refractivity contribution in [3.05, 3.63) is 59.2 Å². The van der Waals surface area contributed by atoms with Gasteiger partial charge in [-0.2, -0.15) is 13.2 Å². The van der Waals surface area contributed by atoms with Crippen molar-refractivity contribution >= 4 is 17.6 Å². The number of halogens is 4. The van der Waals surface area contributed by atoms with E-state index in [1.54, 1.807) is 24.1 Å². The van der Waals surface area contributed by atoms with Crippen LogP contribution in [0.4, 0.5) is 23.2 Å². The van der Waals surface area contributed by atoms with Crippen molar-refractivity contribution in [1.29, 1.82) is 0 Å². The molecule has 4 fully saturated rings. The molecule has 0 radical (unpaired) electrons. The minimum Gasteiger partial charge on any atom is -0.497 e. The van der Waals surface area contributed by atoms with Crippen LogP contribution in [0.3, 0.4) is 0 Å². The highest BCUT2D eigenvalue weighted by atomic mass is 19.4. The second kappa shape index (κ2) is 14.1. The number of rotatable bonds is 8. The van der Waals surface area contributed by atoms with Crippen LogP contribution in [-0.4, -0.2) is 84.9 Å². The minimum atomic E-state index is -4.55. The molecule has 1 aliphatic carbocycles. The van der Waals surface area contributed by atoms with Gasteiger partial charge in [0.05, 0.1) is 18.6 Å². The number of benzene rings is 2. The molecule has 6 rings (SSSR count). The number of aliphatic carboxylic acids is 1. The quantitative estimate of drug-likeness (QED) is 0.293. The van der Waals surface area contributed by atoms with Crippen LogP contribution >= 0.6 is 0 Å². The van der Waals surface area contributed by atoms with E-state index in [1.165, 1.54) is 12.1 Å². The highest BCUT2D eigenvalue weighted by molar-refractivity contribution is 5.88. The first-order valence-corrected chi connectivity index (χ1v) is 17.9. The van der Waals surface area contributed by atoms with Gasteiger partial charge >= 0.3 is 12.1 Å². The average Bonchev–Trinajstić information content (AvgIpc) is 3.69. The van der Waals surface area contributed by atoms with Crippen LogP contribution in [-0.2, 0) is 15.8 Å². The largest absolute Gasteiger partial charge is 0.497 e. The van der Waals surface area contributed by atoms with E-state index in [1.807, 2.05) is 24.0 Å². The molecule has 1 N–H and O–H groups in total. The maximum absolute atomic E-state index is 17.7. The lowest BCUT2D eigenvalue weighted by Gasteiger charge is -2.35. The van der Waals surface area contributed by atoms with E-state index < -0.39 is 41.1 Å². The van der Waals surface area contributed by atoms with Gasteiger partial charge in [-0.15, -0.1) is 0 Å². The zero-order valence-electron chi connectivity index (χ0n) is 28.7. The van der Waals surface area contributed by atoms with Crippen LogP contribution in [0.5, 0.6) is 5.75 Å². The SMILES string of the molecule is CC[C@H]1CN(C(=O)[C@]2(F)CN(C3CCC(C)CC3)C[C@H]2c2ccc(OC)cc2)C[C@@H]1c1ccc(C(F)(F)F)cc1N1CCC(C(=O)O)CC1. The van der Waals surface area contributed by atoms with Gasteiger partial charge in [-0.05, 0) is 85.8 Å². The number of carboxylic acids is 1. The van der Waals surface area contributed by atoms with Crippen LogP contribution in [0, 0.1) is 17.8 Å². The summed E-state index contributed by atoms with van der Waals surface area (Å²) < 4.78 is 64.9. The van der Waals surface area contributed by atoms with Crippen LogP contribution in [0.1, 0.15) is 87.3 Å². The van der Waals surface area contributed by atoms with Gasteiger partial charge in [-0.1, -0.05) is 38.5 Å². The number of anilines is 1. The molecular weight excluding hydrogens is 638 g/mol. The number of amides is 1. The Bertz CT molecular complexity index is 1490. The Labute approximate surface area is 286 Å². The number of methoxy groups -OCH3 is 1. The molecule has 49 heavy (non-hydrogen) atoms. The summed E-state index contributed by atoms with van der Waals surface area (Å²) in [6.45, 7) is 5.89. The number of ether oxygens (including phenoxy) is 1. The molecule has 7 nitrogen and oxygen atoms in total. The molecule has 1 amide bonds. The van der Waals surface area contributed by atoms with E-state index in [0.717, 1.165) is 37.3 Å². The highest BCUT2D eigenvalue weighted by Gasteiger charge is 2.57. The summed E-state index contributed by atoms with van der Waals surface area (Å²) in [5, 5.41) is 9.50. The predicted molar refractivity (Wildman–Crippen MR) is 180 cm³/mol. The zero-order valence-corrected chi connectivity index (χ0v) is 28.7. The zero-order chi connectivity index (χ0) is 35.1. The van der Waals surface area contributed by atoms with E-state index in [9.17, 15) is 27.9 Å². The molecule has 2 aromatic rings. The Hall–Kier alpha value is -3.34. The maximum atomic E-state index is 17.7. The lowest BCUT2D eigenvalue weighted by Crippen LogP contribution is -2.50. The summed E-state index contributed by atoms with van der Waals surface area (Å²) in [7, 11) is 1.58. The number of hydrogen-bond donors (Lipinski definition) is 1. The molecule has 4 atom stereocenters. The first kappa shape index (κ1) is 35.5. The Morgan fingerprint density at radius 3 is 2.22 bits per heavy atom. The third-order valence-corrected chi connectivity index (χ3v) is 12.0. The number of hydrogen-bond acceptors (Lipinski definition) is 5. The van der Waals surface area contributed by atoms with E-state index >= 15 is 4.39 Å². The second-order valence-electron chi connectivity index (χ2n) is 14.9. The summed E-state index contributed by atoms with van der Waals surface area (Å²) in [6.07, 6.45) is 0.916. The monoisotopic (exact) mass is 687 g/mol. The Morgan fingerprint density at radius 1 is 0.959 bits per heavy atom. The van der Waals surface area contributed by atoms with Gasteiger partial charge in [0.15, 0.2) is 0 Å². The number of carbonyl (C=O) groups excluding carboxylic acids is 1. The summed E-state index contributed by atoms with van der Waals surface area (Å²) >= 11 is 0. The molecule has 3 aliphatic heterocycles. The van der Waals surface area contributed by atoms with Crippen LogP contribution in [0.15, 0.2) is 42.5 Å². The predicted octanol–water partition coefficient (Wildman–Crippen LogP) is 7.35. The van der Waals surface area contributed by atoms with Crippen LogP contribution in [0.25, 0.3) is 0 Å². The van der Waals surface area contributed by atoms with E-state index in [2.05, 4.69) is 11.8 Å². The molecular formula is C38H49F4N3O4. The molecule has 3 heterocycles. The first-order valence-electron chi connectivity index (χ1n) is 17.9. The van der Waals surface area contributed by atoms with Gasteiger partial charge in [0.2, 0.25) is 5.67 Å². The fraction of sp³-hybridized carbons (Fsp3) is 0.632. The van der Waals surface area contributed by atoms with Crippen molar-refractivity contribution in [1.82, 2.24) is 9.80 Å².